The second-order valence-electron chi connectivity index (χ2n) is 6.69. The van der Waals surface area contributed by atoms with E-state index in [1.807, 2.05) is 73.2 Å². The van der Waals surface area contributed by atoms with Crippen molar-refractivity contribution in [1.82, 2.24) is 0 Å². The highest BCUT2D eigenvalue weighted by atomic mass is 32.2. The summed E-state index contributed by atoms with van der Waals surface area (Å²) in [4.78, 5) is 12.8. The van der Waals surface area contributed by atoms with Crippen molar-refractivity contribution in [2.75, 3.05) is 18.2 Å². The number of nitrogen functional groups attached to an aromatic ring is 1. The Labute approximate surface area is 173 Å². The highest BCUT2D eigenvalue weighted by molar-refractivity contribution is 7.85. The Morgan fingerprint density at radius 3 is 2.10 bits per heavy atom. The van der Waals surface area contributed by atoms with Gasteiger partial charge in [0, 0.05) is 11.3 Å². The van der Waals surface area contributed by atoms with Crippen molar-refractivity contribution in [3.8, 4) is 10.9 Å². The first-order chi connectivity index (χ1) is 14.0. The summed E-state index contributed by atoms with van der Waals surface area (Å²) < 4.78 is 11.5. The predicted molar refractivity (Wildman–Crippen MR) is 119 cm³/mol. The molecule has 3 aromatic carbocycles. The van der Waals surface area contributed by atoms with Gasteiger partial charge in [0.1, 0.15) is 24.5 Å². The quantitative estimate of drug-likeness (QED) is 0.375. The molecule has 0 aliphatic rings. The Hall–Kier alpha value is -3.14. The summed E-state index contributed by atoms with van der Waals surface area (Å²) in [7, 11) is -0.0724. The van der Waals surface area contributed by atoms with Gasteiger partial charge in [0.05, 0.1) is 0 Å². The largest absolute Gasteiger partial charge is 0.488 e. The zero-order chi connectivity index (χ0) is 20.6. The SMILES string of the molecule is C[S-](C)#Cc1cc(OCc2ccccc2)c(C(=O)OCc2ccccc2)cc1N. The van der Waals surface area contributed by atoms with Crippen LogP contribution in [0.4, 0.5) is 5.69 Å². The van der Waals surface area contributed by atoms with Crippen LogP contribution >= 0.6 is 0 Å². The maximum Gasteiger partial charge on any atom is 0.342 e. The first kappa shape index (κ1) is 20.6. The van der Waals surface area contributed by atoms with Gasteiger partial charge in [-0.15, -0.1) is 12.5 Å². The van der Waals surface area contributed by atoms with Gasteiger partial charge in [-0.25, -0.2) is 4.79 Å². The Kier molecular flexibility index (Phi) is 7.01. The molecular weight excluding hydrogens is 382 g/mol. The number of carbonyl (C=O) groups is 1. The molecular formula is C24H24NO3S-. The fraction of sp³-hybridized carbons (Fsp3) is 0.167. The molecule has 4 nitrogen and oxygen atoms in total. The minimum atomic E-state index is -0.470. The van der Waals surface area contributed by atoms with Crippen molar-refractivity contribution in [3.05, 3.63) is 95.1 Å². The monoisotopic (exact) mass is 406 g/mol. The third-order valence-corrected chi connectivity index (χ3v) is 4.76. The predicted octanol–water partition coefficient (Wildman–Crippen LogP) is 4.39. The molecule has 5 heteroatoms. The molecule has 2 N–H and O–H groups in total. The smallest absolute Gasteiger partial charge is 0.342 e. The van der Waals surface area contributed by atoms with Gasteiger partial charge in [0.15, 0.2) is 0 Å². The molecule has 3 aromatic rings. The molecule has 0 saturated carbocycles. The maximum atomic E-state index is 12.8. The van der Waals surface area contributed by atoms with Gasteiger partial charge in [-0.3, -0.25) is 5.18 Å². The van der Waals surface area contributed by atoms with E-state index in [-0.39, 0.29) is 16.9 Å². The van der Waals surface area contributed by atoms with E-state index in [4.69, 9.17) is 15.2 Å². The lowest BCUT2D eigenvalue weighted by atomic mass is 10.1. The molecule has 0 unspecified atom stereocenters. The molecule has 0 spiro atoms. The lowest BCUT2D eigenvalue weighted by Crippen LogP contribution is -2.10. The molecule has 0 fully saturated rings. The van der Waals surface area contributed by atoms with Crippen LogP contribution in [0.15, 0.2) is 72.8 Å². The first-order valence-electron chi connectivity index (χ1n) is 9.18. The topological polar surface area (TPSA) is 61.5 Å². The lowest BCUT2D eigenvalue weighted by Gasteiger charge is -2.15. The molecule has 0 radical (unpaired) electrons. The molecule has 3 rings (SSSR count). The van der Waals surface area contributed by atoms with Crippen LogP contribution in [0.5, 0.6) is 5.75 Å². The van der Waals surface area contributed by atoms with E-state index in [2.05, 4.69) is 5.18 Å². The van der Waals surface area contributed by atoms with Gasteiger partial charge in [0.2, 0.25) is 0 Å². The fourth-order valence-electron chi connectivity index (χ4n) is 2.72. The van der Waals surface area contributed by atoms with E-state index in [1.54, 1.807) is 12.1 Å². The lowest BCUT2D eigenvalue weighted by molar-refractivity contribution is 0.0467. The van der Waals surface area contributed by atoms with Crippen molar-refractivity contribution in [2.45, 2.75) is 13.2 Å². The van der Waals surface area contributed by atoms with Crippen molar-refractivity contribution in [3.63, 3.8) is 0 Å². The molecule has 0 bridgehead atoms. The molecule has 0 saturated heterocycles. The normalized spacial score (nSPS) is 10.4. The third-order valence-electron chi connectivity index (χ3n) is 4.14. The van der Waals surface area contributed by atoms with Crippen LogP contribution in [0.25, 0.3) is 0 Å². The zero-order valence-electron chi connectivity index (χ0n) is 16.6. The molecule has 150 valence electrons. The van der Waals surface area contributed by atoms with Crippen LogP contribution in [0.1, 0.15) is 27.0 Å². The summed E-state index contributed by atoms with van der Waals surface area (Å²) in [6, 6.07) is 22.7. The van der Waals surface area contributed by atoms with Crippen LogP contribution < -0.4 is 10.5 Å². The Morgan fingerprint density at radius 1 is 0.931 bits per heavy atom. The summed E-state index contributed by atoms with van der Waals surface area (Å²) in [5.74, 6) is -0.0313. The van der Waals surface area contributed by atoms with Crippen LogP contribution in [-0.2, 0) is 28.3 Å². The summed E-state index contributed by atoms with van der Waals surface area (Å²) in [6.45, 7) is 0.526. The fourth-order valence-corrected chi connectivity index (χ4v) is 3.34. The molecule has 0 amide bonds. The first-order valence-corrected chi connectivity index (χ1v) is 11.2. The van der Waals surface area contributed by atoms with E-state index < -0.39 is 5.97 Å². The number of ether oxygens (including phenoxy) is 2. The van der Waals surface area contributed by atoms with Gasteiger partial charge >= 0.3 is 5.97 Å². The molecule has 0 aliphatic heterocycles. The number of benzene rings is 3. The molecule has 0 aromatic heterocycles. The summed E-state index contributed by atoms with van der Waals surface area (Å²) in [6.07, 6.45) is 4.10. The van der Waals surface area contributed by atoms with Crippen molar-refractivity contribution >= 4 is 22.0 Å². The minimum Gasteiger partial charge on any atom is -0.488 e. The highest BCUT2D eigenvalue weighted by Gasteiger charge is 2.17. The summed E-state index contributed by atoms with van der Waals surface area (Å²) in [5, 5.41) is 3.31. The molecule has 0 atom stereocenters. The summed E-state index contributed by atoms with van der Waals surface area (Å²) in [5.41, 5.74) is 9.62. The average Bonchev–Trinajstić information content (AvgIpc) is 2.73. The standard InChI is InChI=1S/C24H24NO3S/c1-29(2)17-20-13-23(27-15-18-9-5-3-6-10-18)21(14-22(20)25)24(26)28-16-19-11-7-4-8-12-19/h3-14H,15-16,25H2,1-2H3/q-1. The van der Waals surface area contributed by atoms with Crippen molar-refractivity contribution < 1.29 is 14.3 Å². The van der Waals surface area contributed by atoms with E-state index in [9.17, 15) is 4.79 Å². The van der Waals surface area contributed by atoms with Gasteiger partial charge in [-0.2, -0.15) is 0 Å². The van der Waals surface area contributed by atoms with Gasteiger partial charge in [0.25, 0.3) is 0 Å². The number of rotatable bonds is 6. The van der Waals surface area contributed by atoms with Gasteiger partial charge in [-0.1, -0.05) is 60.7 Å². The number of hydrogen-bond acceptors (Lipinski definition) is 5. The molecule has 0 heterocycles. The number of anilines is 1. The van der Waals surface area contributed by atoms with Crippen molar-refractivity contribution in [1.29, 1.82) is 0 Å². The third kappa shape index (κ3) is 5.92. The average molecular weight is 407 g/mol. The van der Waals surface area contributed by atoms with Gasteiger partial charge in [-0.05, 0) is 23.3 Å². The summed E-state index contributed by atoms with van der Waals surface area (Å²) >= 11 is 0. The Balaban J connectivity index is 1.86. The van der Waals surface area contributed by atoms with Crippen LogP contribution in [0.2, 0.25) is 0 Å². The minimum absolute atomic E-state index is 0.0724. The van der Waals surface area contributed by atoms with E-state index >= 15 is 0 Å². The number of hydrogen-bond donors (Lipinski definition) is 1. The highest BCUT2D eigenvalue weighted by Crippen LogP contribution is 2.27. The van der Waals surface area contributed by atoms with Crippen LogP contribution in [0.3, 0.4) is 0 Å². The number of esters is 1. The van der Waals surface area contributed by atoms with Gasteiger partial charge < -0.3 is 25.5 Å². The Bertz CT molecular complexity index is 1060. The van der Waals surface area contributed by atoms with Crippen LogP contribution in [0, 0.1) is 5.18 Å². The second-order valence-corrected chi connectivity index (χ2v) is 8.53. The van der Waals surface area contributed by atoms with E-state index in [1.165, 1.54) is 0 Å². The second kappa shape index (κ2) is 9.87. The zero-order valence-corrected chi connectivity index (χ0v) is 17.4. The van der Waals surface area contributed by atoms with E-state index in [0.717, 1.165) is 16.7 Å². The molecule has 0 aliphatic carbocycles. The van der Waals surface area contributed by atoms with E-state index in [0.29, 0.717) is 23.6 Å². The van der Waals surface area contributed by atoms with Crippen LogP contribution in [-0.4, -0.2) is 18.5 Å². The Morgan fingerprint density at radius 2 is 1.52 bits per heavy atom. The molecule has 29 heavy (non-hydrogen) atoms. The maximum absolute atomic E-state index is 12.8. The number of carbonyl (C=O) groups excluding carboxylic acids is 1. The number of nitrogens with two attached hydrogens (primary N) is 1. The van der Waals surface area contributed by atoms with Crippen molar-refractivity contribution in [2.24, 2.45) is 0 Å².